The second kappa shape index (κ2) is 5.13. The highest BCUT2D eigenvalue weighted by molar-refractivity contribution is 5.79. The summed E-state index contributed by atoms with van der Waals surface area (Å²) < 4.78 is 13.7. The van der Waals surface area contributed by atoms with Crippen LogP contribution in [0, 0.1) is 5.82 Å². The van der Waals surface area contributed by atoms with Gasteiger partial charge in [0, 0.05) is 11.1 Å². The van der Waals surface area contributed by atoms with Crippen molar-refractivity contribution < 1.29 is 9.18 Å². The molecular formula is C16H15FO. The second-order valence-electron chi connectivity index (χ2n) is 4.63. The highest BCUT2D eigenvalue weighted by Gasteiger charge is 2.07. The Hall–Kier alpha value is -1.96. The lowest BCUT2D eigenvalue weighted by molar-refractivity contribution is 0.112. The quantitative estimate of drug-likeness (QED) is 0.728. The van der Waals surface area contributed by atoms with E-state index < -0.39 is 0 Å². The third kappa shape index (κ3) is 2.48. The van der Waals surface area contributed by atoms with Crippen molar-refractivity contribution in [2.24, 2.45) is 0 Å². The molecule has 2 rings (SSSR count). The molecule has 0 saturated carbocycles. The molecule has 2 aromatic rings. The van der Waals surface area contributed by atoms with E-state index in [4.69, 9.17) is 0 Å². The highest BCUT2D eigenvalue weighted by Crippen LogP contribution is 2.25. The van der Waals surface area contributed by atoms with Gasteiger partial charge in [0.1, 0.15) is 12.1 Å². The summed E-state index contributed by atoms with van der Waals surface area (Å²) in [7, 11) is 0. The third-order valence-corrected chi connectivity index (χ3v) is 3.01. The predicted octanol–water partition coefficient (Wildman–Crippen LogP) is 4.43. The molecule has 0 aliphatic heterocycles. The van der Waals surface area contributed by atoms with Crippen molar-refractivity contribution in [1.82, 2.24) is 0 Å². The second-order valence-corrected chi connectivity index (χ2v) is 4.63. The molecule has 18 heavy (non-hydrogen) atoms. The first-order valence-corrected chi connectivity index (χ1v) is 5.97. The molecule has 0 bridgehead atoms. The molecule has 0 aromatic heterocycles. The maximum atomic E-state index is 13.7. The molecule has 0 fully saturated rings. The van der Waals surface area contributed by atoms with Crippen molar-refractivity contribution in [3.05, 3.63) is 59.4 Å². The van der Waals surface area contributed by atoms with Crippen LogP contribution in [0.1, 0.15) is 35.7 Å². The molecule has 0 radical (unpaired) electrons. The van der Waals surface area contributed by atoms with Crippen LogP contribution in [0.4, 0.5) is 4.39 Å². The van der Waals surface area contributed by atoms with Gasteiger partial charge in [0.05, 0.1) is 0 Å². The largest absolute Gasteiger partial charge is 0.298 e. The standard InChI is InChI=1S/C16H15FO/c1-11(2)13-4-6-14(7-5-13)15-9-12(10-18)3-8-16(15)17/h3-11H,1-2H3. The minimum atomic E-state index is -0.308. The summed E-state index contributed by atoms with van der Waals surface area (Å²) in [6.45, 7) is 4.23. The van der Waals surface area contributed by atoms with Gasteiger partial charge in [0.2, 0.25) is 0 Å². The Kier molecular flexibility index (Phi) is 3.56. The van der Waals surface area contributed by atoms with Gasteiger partial charge in [0.15, 0.2) is 0 Å². The number of halogens is 1. The minimum Gasteiger partial charge on any atom is -0.298 e. The number of benzene rings is 2. The van der Waals surface area contributed by atoms with E-state index in [1.165, 1.54) is 17.7 Å². The molecule has 0 atom stereocenters. The van der Waals surface area contributed by atoms with E-state index in [2.05, 4.69) is 13.8 Å². The summed E-state index contributed by atoms with van der Waals surface area (Å²) in [6, 6.07) is 12.2. The molecule has 2 aromatic carbocycles. The number of carbonyl (C=O) groups is 1. The summed E-state index contributed by atoms with van der Waals surface area (Å²) in [5.41, 5.74) is 2.96. The Morgan fingerprint density at radius 1 is 1.06 bits per heavy atom. The van der Waals surface area contributed by atoms with Crippen molar-refractivity contribution in [3.63, 3.8) is 0 Å². The fourth-order valence-corrected chi connectivity index (χ4v) is 1.88. The number of aldehydes is 1. The Morgan fingerprint density at radius 3 is 2.28 bits per heavy atom. The first-order chi connectivity index (χ1) is 8.61. The lowest BCUT2D eigenvalue weighted by Gasteiger charge is -2.08. The molecule has 92 valence electrons. The van der Waals surface area contributed by atoms with Gasteiger partial charge in [-0.25, -0.2) is 4.39 Å². The van der Waals surface area contributed by atoms with E-state index >= 15 is 0 Å². The van der Waals surface area contributed by atoms with E-state index in [1.54, 1.807) is 6.07 Å². The van der Waals surface area contributed by atoms with E-state index in [1.807, 2.05) is 24.3 Å². The fourth-order valence-electron chi connectivity index (χ4n) is 1.88. The molecule has 1 nitrogen and oxygen atoms in total. The van der Waals surface area contributed by atoms with Gasteiger partial charge in [-0.1, -0.05) is 38.1 Å². The zero-order valence-corrected chi connectivity index (χ0v) is 10.5. The van der Waals surface area contributed by atoms with Crippen molar-refractivity contribution in [1.29, 1.82) is 0 Å². The van der Waals surface area contributed by atoms with Crippen LogP contribution in [0.5, 0.6) is 0 Å². The normalized spacial score (nSPS) is 10.7. The van der Waals surface area contributed by atoms with Crippen LogP contribution in [0.2, 0.25) is 0 Å². The average Bonchev–Trinajstić information content (AvgIpc) is 2.39. The van der Waals surface area contributed by atoms with Crippen LogP contribution in [0.25, 0.3) is 11.1 Å². The first-order valence-electron chi connectivity index (χ1n) is 5.97. The van der Waals surface area contributed by atoms with Crippen molar-refractivity contribution >= 4 is 6.29 Å². The summed E-state index contributed by atoms with van der Waals surface area (Å²) >= 11 is 0. The van der Waals surface area contributed by atoms with Crippen LogP contribution in [-0.2, 0) is 0 Å². The SMILES string of the molecule is CC(C)c1ccc(-c2cc(C=O)ccc2F)cc1. The van der Waals surface area contributed by atoms with Gasteiger partial charge in [-0.05, 0) is 35.2 Å². The van der Waals surface area contributed by atoms with Crippen molar-refractivity contribution in [3.8, 4) is 11.1 Å². The molecule has 0 heterocycles. The van der Waals surface area contributed by atoms with Gasteiger partial charge >= 0.3 is 0 Å². The molecule has 0 saturated heterocycles. The zero-order valence-electron chi connectivity index (χ0n) is 10.5. The van der Waals surface area contributed by atoms with Gasteiger partial charge in [-0.3, -0.25) is 4.79 Å². The number of hydrogen-bond acceptors (Lipinski definition) is 1. The topological polar surface area (TPSA) is 17.1 Å². The number of hydrogen-bond donors (Lipinski definition) is 0. The monoisotopic (exact) mass is 242 g/mol. The Bertz CT molecular complexity index is 556. The van der Waals surface area contributed by atoms with E-state index in [0.29, 0.717) is 17.0 Å². The van der Waals surface area contributed by atoms with E-state index in [0.717, 1.165) is 11.8 Å². The van der Waals surface area contributed by atoms with Crippen LogP contribution >= 0.6 is 0 Å². The third-order valence-electron chi connectivity index (χ3n) is 3.01. The smallest absolute Gasteiger partial charge is 0.150 e. The van der Waals surface area contributed by atoms with E-state index in [-0.39, 0.29) is 5.82 Å². The lowest BCUT2D eigenvalue weighted by atomic mass is 9.98. The van der Waals surface area contributed by atoms with E-state index in [9.17, 15) is 9.18 Å². The van der Waals surface area contributed by atoms with Crippen LogP contribution < -0.4 is 0 Å². The first kappa shape index (κ1) is 12.5. The minimum absolute atomic E-state index is 0.308. The van der Waals surface area contributed by atoms with Gasteiger partial charge in [-0.15, -0.1) is 0 Å². The molecule has 0 amide bonds. The number of carbonyl (C=O) groups excluding carboxylic acids is 1. The molecule has 0 spiro atoms. The Morgan fingerprint density at radius 2 is 1.72 bits per heavy atom. The lowest BCUT2D eigenvalue weighted by Crippen LogP contribution is -1.90. The summed E-state index contributed by atoms with van der Waals surface area (Å²) in [6.07, 6.45) is 0.728. The van der Waals surface area contributed by atoms with Crippen LogP contribution in [0.3, 0.4) is 0 Å². The van der Waals surface area contributed by atoms with Crippen molar-refractivity contribution in [2.75, 3.05) is 0 Å². The maximum absolute atomic E-state index is 13.7. The van der Waals surface area contributed by atoms with Gasteiger partial charge in [-0.2, -0.15) is 0 Å². The molecular weight excluding hydrogens is 227 g/mol. The Labute approximate surface area is 106 Å². The maximum Gasteiger partial charge on any atom is 0.150 e. The van der Waals surface area contributed by atoms with Crippen molar-refractivity contribution in [2.45, 2.75) is 19.8 Å². The summed E-state index contributed by atoms with van der Waals surface area (Å²) in [5, 5.41) is 0. The molecule has 0 aliphatic carbocycles. The molecule has 0 unspecified atom stereocenters. The molecule has 2 heteroatoms. The van der Waals surface area contributed by atoms with Gasteiger partial charge < -0.3 is 0 Å². The van der Waals surface area contributed by atoms with Gasteiger partial charge in [0.25, 0.3) is 0 Å². The summed E-state index contributed by atoms with van der Waals surface area (Å²) in [5.74, 6) is 0.142. The number of rotatable bonds is 3. The predicted molar refractivity (Wildman–Crippen MR) is 71.3 cm³/mol. The molecule has 0 N–H and O–H groups in total. The summed E-state index contributed by atoms with van der Waals surface area (Å²) in [4.78, 5) is 10.7. The highest BCUT2D eigenvalue weighted by atomic mass is 19.1. The van der Waals surface area contributed by atoms with Crippen LogP contribution in [-0.4, -0.2) is 6.29 Å². The average molecular weight is 242 g/mol. The van der Waals surface area contributed by atoms with Crippen LogP contribution in [0.15, 0.2) is 42.5 Å². The molecule has 0 aliphatic rings. The zero-order chi connectivity index (χ0) is 13.1. The Balaban J connectivity index is 2.44. The fraction of sp³-hybridized carbons (Fsp3) is 0.188.